The topological polar surface area (TPSA) is 89.5 Å². The summed E-state index contributed by atoms with van der Waals surface area (Å²) in [6.07, 6.45) is 1.35. The minimum atomic E-state index is -3.98. The van der Waals surface area contributed by atoms with Gasteiger partial charge in [0.1, 0.15) is 0 Å². The van der Waals surface area contributed by atoms with Crippen LogP contribution in [-0.2, 0) is 36.4 Å². The number of allylic oxidation sites excluding steroid dienone is 1. The van der Waals surface area contributed by atoms with Gasteiger partial charge in [-0.15, -0.1) is 0 Å². The van der Waals surface area contributed by atoms with E-state index in [0.29, 0.717) is 0 Å². The van der Waals surface area contributed by atoms with E-state index in [0.717, 1.165) is 5.76 Å². The number of rotatable bonds is 13. The molecule has 1 aliphatic carbocycles. The highest BCUT2D eigenvalue weighted by atomic mass is 31.2. The Balaban J connectivity index is 3.71. The summed E-state index contributed by atoms with van der Waals surface area (Å²) < 4.78 is 62.9. The third kappa shape index (κ3) is 5.83. The Labute approximate surface area is 176 Å². The summed E-state index contributed by atoms with van der Waals surface area (Å²) in [6.45, 7) is 13.6. The molecular formula is C18H38O8P2Si. The lowest BCUT2D eigenvalue weighted by Crippen LogP contribution is -2.47. The van der Waals surface area contributed by atoms with E-state index in [9.17, 15) is 9.13 Å². The Kier molecular flexibility index (Phi) is 10.3. The first-order valence-corrected chi connectivity index (χ1v) is 16.7. The Hall–Kier alpha value is 0.0169. The summed E-state index contributed by atoms with van der Waals surface area (Å²) in [4.78, 5) is -1.63. The molecule has 0 bridgehead atoms. The van der Waals surface area contributed by atoms with Crippen LogP contribution in [0.1, 0.15) is 40.5 Å². The van der Waals surface area contributed by atoms with Crippen molar-refractivity contribution in [3.63, 3.8) is 0 Å². The molecule has 0 spiro atoms. The maximum Gasteiger partial charge on any atom is 0.351 e. The lowest BCUT2D eigenvalue weighted by atomic mass is 10.0. The van der Waals surface area contributed by atoms with E-state index in [-0.39, 0.29) is 39.3 Å². The first-order valence-electron chi connectivity index (χ1n) is 10.2. The molecule has 1 rings (SSSR count). The summed E-state index contributed by atoms with van der Waals surface area (Å²) >= 11 is 0. The lowest BCUT2D eigenvalue weighted by Gasteiger charge is -2.47. The van der Waals surface area contributed by atoms with Crippen molar-refractivity contribution in [2.45, 2.75) is 71.2 Å². The van der Waals surface area contributed by atoms with E-state index in [1.165, 1.54) is 7.11 Å². The average Bonchev–Trinajstić information content (AvgIpc) is 2.60. The van der Waals surface area contributed by atoms with Crippen molar-refractivity contribution in [3.05, 3.63) is 11.8 Å². The van der Waals surface area contributed by atoms with Crippen molar-refractivity contribution in [2.75, 3.05) is 33.5 Å². The highest BCUT2D eigenvalue weighted by Crippen LogP contribution is 2.81. The van der Waals surface area contributed by atoms with Crippen LogP contribution >= 0.6 is 15.2 Å². The molecule has 0 amide bonds. The van der Waals surface area contributed by atoms with Crippen LogP contribution in [0.4, 0.5) is 0 Å². The fourth-order valence-corrected chi connectivity index (χ4v) is 10.5. The van der Waals surface area contributed by atoms with Crippen molar-refractivity contribution in [1.82, 2.24) is 0 Å². The van der Waals surface area contributed by atoms with E-state index in [2.05, 4.69) is 19.6 Å². The molecule has 172 valence electrons. The molecule has 0 radical (unpaired) electrons. The van der Waals surface area contributed by atoms with Gasteiger partial charge in [0.15, 0.2) is 0 Å². The zero-order valence-electron chi connectivity index (χ0n) is 19.1. The van der Waals surface area contributed by atoms with Gasteiger partial charge in [0.2, 0.25) is 13.2 Å². The quantitative estimate of drug-likeness (QED) is 0.247. The first-order chi connectivity index (χ1) is 13.5. The highest BCUT2D eigenvalue weighted by molar-refractivity contribution is 7.74. The van der Waals surface area contributed by atoms with Gasteiger partial charge in [0, 0.05) is 13.5 Å². The Bertz CT molecular complexity index is 596. The third-order valence-corrected chi connectivity index (χ3v) is 12.0. The molecule has 0 N–H and O–H groups in total. The van der Waals surface area contributed by atoms with E-state index < -0.39 is 34.5 Å². The average molecular weight is 473 g/mol. The van der Waals surface area contributed by atoms with Gasteiger partial charge in [-0.2, -0.15) is 0 Å². The molecule has 0 aliphatic heterocycles. The fourth-order valence-electron chi connectivity index (χ4n) is 3.50. The molecule has 0 saturated carbocycles. The molecule has 8 nitrogen and oxygen atoms in total. The summed E-state index contributed by atoms with van der Waals surface area (Å²) in [6, 6.07) is 0. The second-order valence-corrected chi connectivity index (χ2v) is 17.0. The molecule has 1 aliphatic rings. The summed E-state index contributed by atoms with van der Waals surface area (Å²) in [5.41, 5.74) is 0. The number of methoxy groups -OCH3 is 1. The van der Waals surface area contributed by atoms with Crippen LogP contribution in [0.15, 0.2) is 11.8 Å². The monoisotopic (exact) mass is 472 g/mol. The smallest absolute Gasteiger partial charge is 0.351 e. The van der Waals surface area contributed by atoms with Crippen molar-refractivity contribution >= 4 is 23.5 Å². The van der Waals surface area contributed by atoms with E-state index in [1.807, 2.05) is 6.08 Å². The van der Waals surface area contributed by atoms with Crippen LogP contribution in [0.2, 0.25) is 19.6 Å². The largest absolute Gasteiger partial charge is 0.547 e. The van der Waals surface area contributed by atoms with Crippen LogP contribution in [0, 0.1) is 0 Å². The Morgan fingerprint density at radius 1 is 0.931 bits per heavy atom. The summed E-state index contributed by atoms with van der Waals surface area (Å²) in [5.74, 6) is 0.728. The van der Waals surface area contributed by atoms with Crippen LogP contribution < -0.4 is 0 Å². The number of hydrogen-bond acceptors (Lipinski definition) is 8. The second-order valence-electron chi connectivity index (χ2n) is 7.56. The third-order valence-electron chi connectivity index (χ3n) is 4.40. The fraction of sp³-hybridized carbons (Fsp3) is 0.889. The highest BCUT2D eigenvalue weighted by Gasteiger charge is 2.70. The summed E-state index contributed by atoms with van der Waals surface area (Å²) in [7, 11) is -8.35. The summed E-state index contributed by atoms with van der Waals surface area (Å²) in [5, 5.41) is 0. The van der Waals surface area contributed by atoms with Gasteiger partial charge < -0.3 is 27.3 Å². The Morgan fingerprint density at radius 3 is 1.66 bits per heavy atom. The molecular weight excluding hydrogens is 434 g/mol. The maximum atomic E-state index is 14.1. The van der Waals surface area contributed by atoms with Gasteiger partial charge in [-0.05, 0) is 59.8 Å². The van der Waals surface area contributed by atoms with Crippen LogP contribution in [0.5, 0.6) is 0 Å². The van der Waals surface area contributed by atoms with Gasteiger partial charge in [-0.3, -0.25) is 9.13 Å². The predicted molar refractivity (Wildman–Crippen MR) is 117 cm³/mol. The van der Waals surface area contributed by atoms with E-state index in [4.69, 9.17) is 27.3 Å². The van der Waals surface area contributed by atoms with Gasteiger partial charge in [0.05, 0.1) is 38.3 Å². The molecule has 0 fully saturated rings. The SMILES string of the molecule is CCOP(=O)(OCC)C1(P(=O)(OCC)OCC)CC=C(O[Si](C)(C)C)CC1OC. The van der Waals surface area contributed by atoms with Crippen molar-refractivity contribution in [1.29, 1.82) is 0 Å². The lowest BCUT2D eigenvalue weighted by molar-refractivity contribution is 0.0457. The van der Waals surface area contributed by atoms with Gasteiger partial charge in [0.25, 0.3) is 0 Å². The van der Waals surface area contributed by atoms with Gasteiger partial charge in [-0.1, -0.05) is 0 Å². The molecule has 0 aromatic rings. The molecule has 0 aromatic heterocycles. The van der Waals surface area contributed by atoms with E-state index in [1.54, 1.807) is 27.7 Å². The molecule has 0 saturated heterocycles. The molecule has 0 heterocycles. The zero-order chi connectivity index (χ0) is 22.3. The normalized spacial score (nSPS) is 20.4. The van der Waals surface area contributed by atoms with Crippen molar-refractivity contribution < 1.29 is 36.4 Å². The second kappa shape index (κ2) is 11.1. The van der Waals surface area contributed by atoms with Crippen molar-refractivity contribution in [3.8, 4) is 0 Å². The molecule has 1 atom stereocenters. The maximum absolute atomic E-state index is 14.1. The van der Waals surface area contributed by atoms with Crippen LogP contribution in [0.25, 0.3) is 0 Å². The number of hydrogen-bond donors (Lipinski definition) is 0. The standard InChI is InChI=1S/C18H38O8P2Si/c1-9-22-27(19,23-10-2)18(28(20,24-11-3)25-12-4)14-13-16(15-17(18)21-5)26-29(6,7)8/h13,17H,9-12,14-15H2,1-8H3. The van der Waals surface area contributed by atoms with E-state index >= 15 is 0 Å². The van der Waals surface area contributed by atoms with Gasteiger partial charge >= 0.3 is 15.2 Å². The van der Waals surface area contributed by atoms with Crippen LogP contribution in [-0.4, -0.2) is 52.9 Å². The minimum Gasteiger partial charge on any atom is -0.547 e. The molecule has 11 heteroatoms. The van der Waals surface area contributed by atoms with Crippen LogP contribution in [0.3, 0.4) is 0 Å². The van der Waals surface area contributed by atoms with Gasteiger partial charge in [-0.25, -0.2) is 0 Å². The van der Waals surface area contributed by atoms with Crippen molar-refractivity contribution in [2.24, 2.45) is 0 Å². The minimum absolute atomic E-state index is 0.0693. The Morgan fingerprint density at radius 2 is 1.34 bits per heavy atom. The molecule has 0 aromatic carbocycles. The predicted octanol–water partition coefficient (Wildman–Crippen LogP) is 5.76. The molecule has 29 heavy (non-hydrogen) atoms. The first kappa shape index (κ1) is 27.1. The molecule has 1 unspecified atom stereocenters. The number of ether oxygens (including phenoxy) is 1. The zero-order valence-corrected chi connectivity index (χ0v) is 21.8.